The minimum absolute atomic E-state index is 0. The van der Waals surface area contributed by atoms with Crippen molar-refractivity contribution in [2.24, 2.45) is 47.3 Å². The molecular formula is C64H110O18. The van der Waals surface area contributed by atoms with E-state index in [1.54, 1.807) is 41.5 Å². The van der Waals surface area contributed by atoms with Crippen molar-refractivity contribution in [3.8, 4) is 0 Å². The first-order valence-corrected chi connectivity index (χ1v) is 29.2. The molecular weight excluding hydrogens is 1060 g/mol. The van der Waals surface area contributed by atoms with Crippen LogP contribution in [-0.4, -0.2) is 106 Å². The highest BCUT2D eigenvalue weighted by Crippen LogP contribution is 2.43. The van der Waals surface area contributed by atoms with Crippen LogP contribution in [0.5, 0.6) is 0 Å². The maximum atomic E-state index is 11.7. The maximum absolute atomic E-state index is 11.7. The van der Waals surface area contributed by atoms with Gasteiger partial charge in [-0.05, 0) is 243 Å². The number of carbonyl (C=O) groups is 6. The molecule has 0 atom stereocenters. The minimum atomic E-state index is -0.275. The summed E-state index contributed by atoms with van der Waals surface area (Å²) in [6, 6.07) is 0. The molecule has 18 heteroatoms. The maximum Gasteiger partial charge on any atom is 0.333 e. The first kappa shape index (κ1) is 81.2. The molecule has 0 unspecified atom stereocenters. The number of esters is 6. The molecule has 0 radical (unpaired) electrons. The number of hydrogen-bond acceptors (Lipinski definition) is 12. The molecule has 6 aliphatic carbocycles. The van der Waals surface area contributed by atoms with Crippen molar-refractivity contribution in [1.82, 2.24) is 0 Å². The summed E-state index contributed by atoms with van der Waals surface area (Å²) >= 11 is 0. The molecule has 474 valence electrons. The summed E-state index contributed by atoms with van der Waals surface area (Å²) in [7, 11) is 0. The number of carbonyl (C=O) groups excluding carboxylic acids is 6. The highest BCUT2D eigenvalue weighted by molar-refractivity contribution is 5.89. The SMILES string of the molecule is C=C(C)C(=O)OC1CCC(C2CCC(OC(=O)C(=C)C)CC2)CC1.C=C(C)C(=O)OCC1CCC(C2CCC(OC(=O)C(=C)C)CC2)CC1.C=C(C)C(=O)OCCCC1CCC(C2CCC(OC(=O)C(=C)C)CC2)CC1.O.O.O.O.O.O. The number of hydrogen-bond donors (Lipinski definition) is 0. The van der Waals surface area contributed by atoms with E-state index in [-0.39, 0.29) is 93.1 Å². The van der Waals surface area contributed by atoms with E-state index in [4.69, 9.17) is 28.4 Å². The lowest BCUT2D eigenvalue weighted by molar-refractivity contribution is -0.148. The number of rotatable bonds is 19. The van der Waals surface area contributed by atoms with Gasteiger partial charge in [-0.15, -0.1) is 0 Å². The molecule has 0 aromatic heterocycles. The summed E-state index contributed by atoms with van der Waals surface area (Å²) in [5.74, 6) is 4.26. The van der Waals surface area contributed by atoms with Gasteiger partial charge in [-0.25, -0.2) is 28.8 Å². The van der Waals surface area contributed by atoms with Gasteiger partial charge in [0, 0.05) is 33.4 Å². The van der Waals surface area contributed by atoms with E-state index in [1.807, 2.05) is 0 Å². The van der Waals surface area contributed by atoms with Crippen LogP contribution in [0.2, 0.25) is 0 Å². The second kappa shape index (κ2) is 41.9. The van der Waals surface area contributed by atoms with E-state index in [0.717, 1.165) is 145 Å². The van der Waals surface area contributed by atoms with Gasteiger partial charge in [-0.1, -0.05) is 52.3 Å². The van der Waals surface area contributed by atoms with Gasteiger partial charge in [0.1, 0.15) is 24.4 Å². The van der Waals surface area contributed by atoms with Crippen molar-refractivity contribution < 1.29 is 90.0 Å². The zero-order valence-electron chi connectivity index (χ0n) is 50.9. The third-order valence-corrected chi connectivity index (χ3v) is 17.3. The Morgan fingerprint density at radius 3 is 0.732 bits per heavy atom. The average molecular weight is 1170 g/mol. The Kier molecular flexibility index (Phi) is 41.5. The van der Waals surface area contributed by atoms with E-state index in [1.165, 1.54) is 51.4 Å². The molecule has 6 saturated carbocycles. The van der Waals surface area contributed by atoms with Crippen LogP contribution in [0.15, 0.2) is 72.9 Å². The van der Waals surface area contributed by atoms with Gasteiger partial charge in [-0.3, -0.25) is 0 Å². The summed E-state index contributed by atoms with van der Waals surface area (Å²) in [4.78, 5) is 69.3. The predicted octanol–water partition coefficient (Wildman–Crippen LogP) is 9.35. The van der Waals surface area contributed by atoms with Gasteiger partial charge < -0.3 is 61.3 Å². The summed E-state index contributed by atoms with van der Waals surface area (Å²) < 4.78 is 32.4. The Bertz CT molecular complexity index is 1950. The first-order valence-electron chi connectivity index (χ1n) is 29.2. The molecule has 0 aromatic rings. The summed E-state index contributed by atoms with van der Waals surface area (Å²) in [5, 5.41) is 0. The fourth-order valence-corrected chi connectivity index (χ4v) is 12.5. The van der Waals surface area contributed by atoms with Gasteiger partial charge in [0.2, 0.25) is 0 Å². The van der Waals surface area contributed by atoms with E-state index < -0.39 is 0 Å². The normalized spacial score (nSPS) is 27.1. The highest BCUT2D eigenvalue weighted by Gasteiger charge is 2.36. The topological polar surface area (TPSA) is 347 Å². The zero-order valence-corrected chi connectivity index (χ0v) is 50.9. The molecule has 0 aromatic carbocycles. The van der Waals surface area contributed by atoms with Crippen LogP contribution >= 0.6 is 0 Å². The van der Waals surface area contributed by atoms with Crippen molar-refractivity contribution in [3.63, 3.8) is 0 Å². The molecule has 0 saturated heterocycles. The molecule has 82 heavy (non-hydrogen) atoms. The Labute approximate surface area is 490 Å². The van der Waals surface area contributed by atoms with Crippen LogP contribution in [0.25, 0.3) is 0 Å². The van der Waals surface area contributed by atoms with Crippen LogP contribution in [0.1, 0.15) is 208 Å². The highest BCUT2D eigenvalue weighted by atomic mass is 16.6. The Morgan fingerprint density at radius 1 is 0.293 bits per heavy atom. The largest absolute Gasteiger partial charge is 0.462 e. The lowest BCUT2D eigenvalue weighted by Crippen LogP contribution is -2.32. The summed E-state index contributed by atoms with van der Waals surface area (Å²) in [6.07, 6.45) is 29.2. The lowest BCUT2D eigenvalue weighted by Gasteiger charge is -2.37. The lowest BCUT2D eigenvalue weighted by atomic mass is 9.70. The van der Waals surface area contributed by atoms with E-state index in [9.17, 15) is 28.8 Å². The minimum Gasteiger partial charge on any atom is -0.462 e. The molecule has 0 spiro atoms. The molecule has 0 bridgehead atoms. The van der Waals surface area contributed by atoms with Crippen molar-refractivity contribution in [2.75, 3.05) is 13.2 Å². The average Bonchev–Trinajstić information content (AvgIpc) is 3.40. The molecule has 0 heterocycles. The molecule has 6 rings (SSSR count). The zero-order chi connectivity index (χ0) is 55.9. The standard InChI is InChI=1S/C23H36O4.C21H32O4.C20H30O4.6H2O/c1-16(2)22(24)26-15-5-6-18-7-9-19(10-8-18)20-11-13-21(14-12-20)27-23(25)17(3)4;1-14(2)20(22)24-13-16-5-7-17(8-6-16)18-9-11-19(12-10-18)25-21(23)15(3)4;1-13(2)19(21)23-17-9-5-15(6-10-17)16-7-11-18(12-8-16)24-20(22)14(3)4;;;;;;/h18-21H,1,3,5-15H2,2,4H3;16-19H,1,3,5-13H2,2,4H3;15-18H,1,3,5-12H2,2,4H3;6*1H2. The first-order chi connectivity index (χ1) is 36.1. The quantitative estimate of drug-likeness (QED) is 0.0505. The Balaban J connectivity index is -0.00000110. The van der Waals surface area contributed by atoms with E-state index >= 15 is 0 Å². The molecule has 6 fully saturated rings. The van der Waals surface area contributed by atoms with Crippen LogP contribution < -0.4 is 0 Å². The Hall–Kier alpha value is -4.98. The van der Waals surface area contributed by atoms with Gasteiger partial charge in [-0.2, -0.15) is 0 Å². The van der Waals surface area contributed by atoms with Crippen molar-refractivity contribution >= 4 is 35.8 Å². The van der Waals surface area contributed by atoms with Crippen molar-refractivity contribution in [3.05, 3.63) is 72.9 Å². The van der Waals surface area contributed by atoms with Crippen molar-refractivity contribution in [1.29, 1.82) is 0 Å². The monoisotopic (exact) mass is 1170 g/mol. The van der Waals surface area contributed by atoms with Crippen LogP contribution in [0.4, 0.5) is 0 Å². The molecule has 6 aliphatic rings. The molecule has 0 amide bonds. The van der Waals surface area contributed by atoms with Gasteiger partial charge in [0.25, 0.3) is 0 Å². The second-order valence-corrected chi connectivity index (χ2v) is 23.9. The second-order valence-electron chi connectivity index (χ2n) is 23.9. The van der Waals surface area contributed by atoms with Crippen LogP contribution in [0.3, 0.4) is 0 Å². The van der Waals surface area contributed by atoms with Gasteiger partial charge in [0.05, 0.1) is 13.2 Å². The van der Waals surface area contributed by atoms with Crippen LogP contribution in [-0.2, 0) is 57.2 Å². The molecule has 12 N–H and O–H groups in total. The van der Waals surface area contributed by atoms with E-state index in [2.05, 4.69) is 39.5 Å². The summed E-state index contributed by atoms with van der Waals surface area (Å²) in [6.45, 7) is 33.0. The fraction of sp³-hybridized carbons (Fsp3) is 0.719. The van der Waals surface area contributed by atoms with Crippen molar-refractivity contribution in [2.45, 2.75) is 233 Å². The summed E-state index contributed by atoms with van der Waals surface area (Å²) in [5.41, 5.74) is 2.86. The third-order valence-electron chi connectivity index (χ3n) is 17.3. The third kappa shape index (κ3) is 29.0. The smallest absolute Gasteiger partial charge is 0.333 e. The van der Waals surface area contributed by atoms with Gasteiger partial charge in [0.15, 0.2) is 0 Å². The predicted molar refractivity (Wildman–Crippen MR) is 320 cm³/mol. The fourth-order valence-electron chi connectivity index (χ4n) is 12.5. The molecule has 18 nitrogen and oxygen atoms in total. The Morgan fingerprint density at radius 2 is 0.500 bits per heavy atom. The van der Waals surface area contributed by atoms with E-state index in [0.29, 0.717) is 64.4 Å². The molecule has 0 aliphatic heterocycles. The number of ether oxygens (including phenoxy) is 6. The van der Waals surface area contributed by atoms with Gasteiger partial charge >= 0.3 is 35.8 Å². The van der Waals surface area contributed by atoms with Crippen LogP contribution in [0, 0.1) is 47.3 Å².